The van der Waals surface area contributed by atoms with Crippen LogP contribution in [0.4, 0.5) is 45.5 Å². The molecule has 118 heavy (non-hydrogen) atoms. The van der Waals surface area contributed by atoms with Gasteiger partial charge in [-0.1, -0.05) is 146 Å². The molecule has 0 aliphatic carbocycles. The zero-order valence-corrected chi connectivity index (χ0v) is 61.3. The second-order valence-electron chi connectivity index (χ2n) is 28.0. The Hall–Kier alpha value is -16.8. The highest BCUT2D eigenvalue weighted by atomic mass is 16.2. The molecule has 0 fully saturated rings. The van der Waals surface area contributed by atoms with E-state index in [1.54, 1.807) is 170 Å². The molecule has 0 radical (unpaired) electrons. The summed E-state index contributed by atoms with van der Waals surface area (Å²) in [5, 5.41) is 0. The van der Waals surface area contributed by atoms with Crippen LogP contribution in [-0.2, 0) is 76.7 Å². The van der Waals surface area contributed by atoms with Gasteiger partial charge in [-0.05, 0) is 117 Å². The van der Waals surface area contributed by atoms with Crippen LogP contribution in [0.3, 0.4) is 0 Å². The van der Waals surface area contributed by atoms with Crippen molar-refractivity contribution >= 4 is 140 Å². The van der Waals surface area contributed by atoms with E-state index in [9.17, 15) is 76.7 Å². The third-order valence-corrected chi connectivity index (χ3v) is 21.4. The van der Waals surface area contributed by atoms with E-state index in [0.29, 0.717) is 44.5 Å². The van der Waals surface area contributed by atoms with Gasteiger partial charge in [0, 0.05) is 154 Å². The number of rotatable bonds is 19. The van der Waals surface area contributed by atoms with Crippen LogP contribution in [0.25, 0.3) is 55.6 Å². The molecule has 0 aromatic heterocycles. The van der Waals surface area contributed by atoms with Gasteiger partial charge in [0.1, 0.15) is 0 Å². The zero-order chi connectivity index (χ0) is 81.6. The Kier molecular flexibility index (Phi) is 17.7. The van der Waals surface area contributed by atoms with Crippen LogP contribution in [0, 0.1) is 0 Å². The molecule has 16 amide bonds. The molecule has 0 atom stereocenters. The summed E-state index contributed by atoms with van der Waals surface area (Å²) in [6.07, 6.45) is 18.0. The minimum Gasteiger partial charge on any atom is -0.269 e. The van der Waals surface area contributed by atoms with Crippen LogP contribution in [0.2, 0.25) is 0 Å². The molecular formula is C94H54N8O16. The minimum atomic E-state index is -0.903. The monoisotopic (exact) mass is 1550 g/mol. The number of anilines is 8. The topological polar surface area (TPSA) is 299 Å². The summed E-state index contributed by atoms with van der Waals surface area (Å²) in [5.74, 6) is -12.3. The van der Waals surface area contributed by atoms with E-state index in [-0.39, 0.29) is 90.0 Å². The predicted octanol–water partition coefficient (Wildman–Crippen LogP) is 11.8. The van der Waals surface area contributed by atoms with Gasteiger partial charge in [-0.25, -0.2) is 39.2 Å². The Balaban J connectivity index is 0.813. The summed E-state index contributed by atoms with van der Waals surface area (Å²) < 4.78 is 0. The van der Waals surface area contributed by atoms with Crippen LogP contribution in [0.5, 0.6) is 0 Å². The molecular weight excluding hydrogens is 1500 g/mol. The normalized spacial score (nSPS) is 16.3. The fourth-order valence-electron chi connectivity index (χ4n) is 16.2. The molecule has 10 aromatic carbocycles. The van der Waals surface area contributed by atoms with Crippen molar-refractivity contribution in [1.29, 1.82) is 0 Å². The van der Waals surface area contributed by atoms with Crippen molar-refractivity contribution in [1.82, 2.24) is 0 Å². The Bertz CT molecular complexity index is 5740. The maximum Gasteiger partial charge on any atom is 0.258 e. The highest BCUT2D eigenvalue weighted by Gasteiger charge is 2.40. The Morgan fingerprint density at radius 2 is 0.288 bits per heavy atom. The standard InChI is InChI=1S/C94H54N8O16/c103-77-33-34-78(104)95(77)69-13-5-1-9-61(69)65-49-57(25-29-73(65)99-85(111)41-42-86(99)112)93(58-26-30-74(100-87(113)43-44-88(100)114)66(50-58)62-10-2-6-14-70(62)96-79(105)35-36-80(96)106)55-21-17-53(18-22-55)54-19-23-56(24-20-54)94(59-27-31-75(101-89(115)45-46-90(101)116)67(51-59)63-11-3-7-15-71(63)97-81(107)37-38-82(97)108)60-28-32-76(102-91(117)47-48-92(102)118)68(52-60)64-12-4-8-16-72(64)98-83(109)39-40-84(98)110/h1-52,93-94H. The lowest BCUT2D eigenvalue weighted by atomic mass is 9.81. The number of para-hydroxylation sites is 4. The fraction of sp³-hybridized carbons (Fsp3) is 0.0213. The van der Waals surface area contributed by atoms with Gasteiger partial charge < -0.3 is 0 Å². The summed E-state index contributed by atoms with van der Waals surface area (Å²) >= 11 is 0. The quantitative estimate of drug-likeness (QED) is 0.0536. The number of benzene rings is 10. The number of imide groups is 8. The number of nitrogens with zero attached hydrogens (tertiary/aromatic N) is 8. The Morgan fingerprint density at radius 1 is 0.144 bits per heavy atom. The molecule has 8 aliphatic heterocycles. The van der Waals surface area contributed by atoms with E-state index in [2.05, 4.69) is 0 Å². The molecule has 566 valence electrons. The van der Waals surface area contributed by atoms with Crippen molar-refractivity contribution in [2.75, 3.05) is 39.2 Å². The van der Waals surface area contributed by atoms with Gasteiger partial charge in [-0.3, -0.25) is 76.7 Å². The lowest BCUT2D eigenvalue weighted by Crippen LogP contribution is -2.31. The molecule has 24 heteroatoms. The first-order chi connectivity index (χ1) is 57.2. The van der Waals surface area contributed by atoms with Crippen molar-refractivity contribution in [3.63, 3.8) is 0 Å². The third kappa shape index (κ3) is 12.3. The largest absolute Gasteiger partial charge is 0.269 e. The lowest BCUT2D eigenvalue weighted by molar-refractivity contribution is -0.121. The van der Waals surface area contributed by atoms with Gasteiger partial charge in [-0.2, -0.15) is 0 Å². The van der Waals surface area contributed by atoms with Gasteiger partial charge in [0.15, 0.2) is 0 Å². The molecule has 18 rings (SSSR count). The molecule has 8 heterocycles. The molecule has 0 saturated carbocycles. The summed E-state index contributed by atoms with van der Waals surface area (Å²) in [7, 11) is 0. The summed E-state index contributed by atoms with van der Waals surface area (Å²) in [5.41, 5.74) is 7.47. The van der Waals surface area contributed by atoms with Crippen LogP contribution < -0.4 is 39.2 Å². The van der Waals surface area contributed by atoms with Crippen molar-refractivity contribution in [3.8, 4) is 55.6 Å². The van der Waals surface area contributed by atoms with Crippen LogP contribution >= 0.6 is 0 Å². The van der Waals surface area contributed by atoms with E-state index in [1.807, 2.05) is 48.5 Å². The highest BCUT2D eigenvalue weighted by Crippen LogP contribution is 2.50. The SMILES string of the molecule is O=C1C=CC(=O)N1c1ccccc1-c1cc(C(c2ccc(-c3ccc(C(c4ccc(N5C(=O)C=CC5=O)c(-c5ccccc5N5C(=O)C=CC5=O)c4)c4ccc(N5C(=O)C=CC5=O)c(-c5ccccc5N5C(=O)C=CC5=O)c4)cc3)cc2)c2ccc(N3C(=O)C=CC3=O)c(-c3ccccc3N3C(=O)C=CC3=O)c2)ccc1N1C(=O)C=CC1=O. The summed E-state index contributed by atoms with van der Waals surface area (Å²) in [6, 6.07) is 61.1. The highest BCUT2D eigenvalue weighted by molar-refractivity contribution is 6.36. The van der Waals surface area contributed by atoms with Gasteiger partial charge in [0.05, 0.1) is 45.5 Å². The van der Waals surface area contributed by atoms with Crippen LogP contribution in [-0.4, -0.2) is 94.5 Å². The van der Waals surface area contributed by atoms with E-state index in [4.69, 9.17) is 0 Å². The van der Waals surface area contributed by atoms with Gasteiger partial charge in [0.2, 0.25) is 0 Å². The molecule has 24 nitrogen and oxygen atoms in total. The number of amides is 16. The Morgan fingerprint density at radius 3 is 0.458 bits per heavy atom. The van der Waals surface area contributed by atoms with E-state index < -0.39 is 106 Å². The fourth-order valence-corrected chi connectivity index (χ4v) is 16.2. The number of hydrogen-bond acceptors (Lipinski definition) is 16. The molecule has 0 bridgehead atoms. The zero-order valence-electron chi connectivity index (χ0n) is 61.3. The molecule has 10 aromatic rings. The first-order valence-electron chi connectivity index (χ1n) is 36.8. The molecule has 0 spiro atoms. The second kappa shape index (κ2) is 28.8. The lowest BCUT2D eigenvalue weighted by Gasteiger charge is -2.27. The van der Waals surface area contributed by atoms with E-state index in [1.165, 1.54) is 0 Å². The number of hydrogen-bond donors (Lipinski definition) is 0. The van der Waals surface area contributed by atoms with Gasteiger partial charge in [-0.15, -0.1) is 0 Å². The Labute approximate surface area is 668 Å². The smallest absolute Gasteiger partial charge is 0.258 e. The van der Waals surface area contributed by atoms with Crippen molar-refractivity contribution in [3.05, 3.63) is 349 Å². The van der Waals surface area contributed by atoms with Gasteiger partial charge >= 0.3 is 0 Å². The molecule has 0 saturated heterocycles. The average molecular weight is 1550 g/mol. The predicted molar refractivity (Wildman–Crippen MR) is 434 cm³/mol. The molecule has 0 N–H and O–H groups in total. The summed E-state index contributed by atoms with van der Waals surface area (Å²) in [4.78, 5) is 227. The van der Waals surface area contributed by atoms with Gasteiger partial charge in [0.25, 0.3) is 94.5 Å². The van der Waals surface area contributed by atoms with E-state index >= 15 is 0 Å². The third-order valence-electron chi connectivity index (χ3n) is 21.4. The van der Waals surface area contributed by atoms with Crippen molar-refractivity contribution in [2.24, 2.45) is 0 Å². The maximum absolute atomic E-state index is 13.8. The number of carbonyl (C=O) groups is 16. The van der Waals surface area contributed by atoms with E-state index in [0.717, 1.165) is 136 Å². The minimum absolute atomic E-state index is 0.0993. The number of carbonyl (C=O) groups excluding carboxylic acids is 16. The van der Waals surface area contributed by atoms with Crippen molar-refractivity contribution < 1.29 is 76.7 Å². The van der Waals surface area contributed by atoms with Crippen LogP contribution in [0.1, 0.15) is 45.2 Å². The maximum atomic E-state index is 13.8. The molecule has 0 unspecified atom stereocenters. The van der Waals surface area contributed by atoms with Crippen LogP contribution in [0.15, 0.2) is 316 Å². The second-order valence-corrected chi connectivity index (χ2v) is 28.0. The first-order valence-corrected chi connectivity index (χ1v) is 36.8. The molecule has 8 aliphatic rings. The first kappa shape index (κ1) is 72.8. The summed E-state index contributed by atoms with van der Waals surface area (Å²) in [6.45, 7) is 0. The average Bonchev–Trinajstić information content (AvgIpc) is 0.796. The van der Waals surface area contributed by atoms with Crippen molar-refractivity contribution in [2.45, 2.75) is 11.8 Å².